The maximum absolute atomic E-state index is 10.5. The van der Waals surface area contributed by atoms with Gasteiger partial charge in [0.05, 0.1) is 0 Å². The Labute approximate surface area is 103 Å². The molecule has 1 aromatic carbocycles. The Morgan fingerprint density at radius 2 is 1.76 bits per heavy atom. The fraction of sp³-hybridized carbons (Fsp3) is 0.500. The third kappa shape index (κ3) is 5.00. The van der Waals surface area contributed by atoms with E-state index >= 15 is 0 Å². The van der Waals surface area contributed by atoms with Crippen LogP contribution in [-0.4, -0.2) is 31.6 Å². The number of aldehydes is 1. The van der Waals surface area contributed by atoms with Crippen LogP contribution in [-0.2, 0) is 0 Å². The van der Waals surface area contributed by atoms with Gasteiger partial charge >= 0.3 is 0 Å². The van der Waals surface area contributed by atoms with Crippen molar-refractivity contribution in [3.8, 4) is 0 Å². The molecule has 0 heterocycles. The topological polar surface area (TPSA) is 40.5 Å². The summed E-state index contributed by atoms with van der Waals surface area (Å²) < 4.78 is 0. The standard InChI is InChI=1S/C14H21NO2/c1-15(10-4-2-3-5-11-16)14-8-6-13(12-17)7-9-14/h6-9,12,16H,2-5,10-11H2,1H3. The number of anilines is 1. The Hall–Kier alpha value is -1.35. The van der Waals surface area contributed by atoms with Gasteiger partial charge in [-0.05, 0) is 37.1 Å². The highest BCUT2D eigenvalue weighted by molar-refractivity contribution is 5.75. The molecular formula is C14H21NO2. The zero-order valence-corrected chi connectivity index (χ0v) is 10.4. The Balaban J connectivity index is 2.30. The molecule has 0 saturated carbocycles. The van der Waals surface area contributed by atoms with E-state index in [9.17, 15) is 4.79 Å². The molecule has 3 nitrogen and oxygen atoms in total. The minimum atomic E-state index is 0.295. The molecule has 17 heavy (non-hydrogen) atoms. The highest BCUT2D eigenvalue weighted by atomic mass is 16.2. The van der Waals surface area contributed by atoms with Crippen LogP contribution in [0, 0.1) is 0 Å². The molecule has 0 radical (unpaired) electrons. The lowest BCUT2D eigenvalue weighted by atomic mass is 10.1. The van der Waals surface area contributed by atoms with Gasteiger partial charge < -0.3 is 10.0 Å². The van der Waals surface area contributed by atoms with Gasteiger partial charge in [-0.25, -0.2) is 0 Å². The van der Waals surface area contributed by atoms with Crippen LogP contribution < -0.4 is 4.90 Å². The molecule has 0 aliphatic heterocycles. The van der Waals surface area contributed by atoms with E-state index < -0.39 is 0 Å². The van der Waals surface area contributed by atoms with E-state index in [2.05, 4.69) is 11.9 Å². The number of carbonyl (C=O) groups is 1. The van der Waals surface area contributed by atoms with E-state index in [1.54, 1.807) is 0 Å². The number of rotatable bonds is 8. The Morgan fingerprint density at radius 3 is 2.35 bits per heavy atom. The van der Waals surface area contributed by atoms with Gasteiger partial charge in [0.15, 0.2) is 0 Å². The molecule has 1 N–H and O–H groups in total. The summed E-state index contributed by atoms with van der Waals surface area (Å²) in [4.78, 5) is 12.7. The molecule has 0 bridgehead atoms. The molecule has 94 valence electrons. The molecular weight excluding hydrogens is 214 g/mol. The molecule has 0 aliphatic rings. The fourth-order valence-electron chi connectivity index (χ4n) is 1.75. The number of unbranched alkanes of at least 4 members (excludes halogenated alkanes) is 3. The van der Waals surface area contributed by atoms with Crippen molar-refractivity contribution in [2.24, 2.45) is 0 Å². The molecule has 0 fully saturated rings. The van der Waals surface area contributed by atoms with Crippen LogP contribution in [0.3, 0.4) is 0 Å². The number of aliphatic hydroxyl groups is 1. The highest BCUT2D eigenvalue weighted by Gasteiger charge is 2.00. The van der Waals surface area contributed by atoms with Crippen molar-refractivity contribution in [2.45, 2.75) is 25.7 Å². The Bertz CT molecular complexity index is 321. The lowest BCUT2D eigenvalue weighted by Gasteiger charge is -2.19. The summed E-state index contributed by atoms with van der Waals surface area (Å²) in [6.07, 6.45) is 5.13. The molecule has 0 unspecified atom stereocenters. The van der Waals surface area contributed by atoms with E-state index in [0.717, 1.165) is 44.2 Å². The van der Waals surface area contributed by atoms with Crippen molar-refractivity contribution < 1.29 is 9.90 Å². The molecule has 1 rings (SSSR count). The minimum Gasteiger partial charge on any atom is -0.396 e. The largest absolute Gasteiger partial charge is 0.396 e. The first kappa shape index (κ1) is 13.7. The molecule has 0 spiro atoms. The van der Waals surface area contributed by atoms with Gasteiger partial charge in [0.2, 0.25) is 0 Å². The zero-order chi connectivity index (χ0) is 12.5. The second-order valence-electron chi connectivity index (χ2n) is 4.27. The maximum Gasteiger partial charge on any atom is 0.150 e. The third-order valence-corrected chi connectivity index (χ3v) is 2.87. The van der Waals surface area contributed by atoms with Crippen LogP contribution in [0.25, 0.3) is 0 Å². The van der Waals surface area contributed by atoms with Crippen LogP contribution in [0.15, 0.2) is 24.3 Å². The first-order chi connectivity index (χ1) is 8.27. The van der Waals surface area contributed by atoms with Crippen molar-refractivity contribution in [1.82, 2.24) is 0 Å². The average molecular weight is 235 g/mol. The van der Waals surface area contributed by atoms with E-state index in [4.69, 9.17) is 5.11 Å². The predicted molar refractivity (Wildman–Crippen MR) is 70.7 cm³/mol. The molecule has 0 aliphatic carbocycles. The predicted octanol–water partition coefficient (Wildman–Crippen LogP) is 2.49. The van der Waals surface area contributed by atoms with Gasteiger partial charge in [-0.15, -0.1) is 0 Å². The first-order valence-electron chi connectivity index (χ1n) is 6.15. The molecule has 0 aromatic heterocycles. The second kappa shape index (κ2) is 7.85. The van der Waals surface area contributed by atoms with E-state index in [-0.39, 0.29) is 0 Å². The summed E-state index contributed by atoms with van der Waals surface area (Å²) in [5, 5.41) is 8.66. The van der Waals surface area contributed by atoms with Crippen LogP contribution in [0.1, 0.15) is 36.0 Å². The van der Waals surface area contributed by atoms with E-state index in [1.165, 1.54) is 0 Å². The number of aliphatic hydroxyl groups excluding tert-OH is 1. The summed E-state index contributed by atoms with van der Waals surface area (Å²) in [5.74, 6) is 0. The lowest BCUT2D eigenvalue weighted by Crippen LogP contribution is -2.18. The van der Waals surface area contributed by atoms with Crippen molar-refractivity contribution in [2.75, 3.05) is 25.1 Å². The van der Waals surface area contributed by atoms with Crippen LogP contribution in [0.2, 0.25) is 0 Å². The van der Waals surface area contributed by atoms with Gasteiger partial charge in [-0.1, -0.05) is 12.8 Å². The summed E-state index contributed by atoms with van der Waals surface area (Å²) in [5.41, 5.74) is 1.85. The summed E-state index contributed by atoms with van der Waals surface area (Å²) >= 11 is 0. The quantitative estimate of drug-likeness (QED) is 0.556. The number of carbonyl (C=O) groups excluding carboxylic acids is 1. The molecule has 0 atom stereocenters. The number of nitrogens with zero attached hydrogens (tertiary/aromatic N) is 1. The lowest BCUT2D eigenvalue weighted by molar-refractivity contribution is 0.112. The van der Waals surface area contributed by atoms with Crippen LogP contribution in [0.5, 0.6) is 0 Å². The minimum absolute atomic E-state index is 0.295. The summed E-state index contributed by atoms with van der Waals surface area (Å²) in [6.45, 7) is 1.30. The summed E-state index contributed by atoms with van der Waals surface area (Å²) in [6, 6.07) is 7.62. The molecule has 3 heteroatoms. The smallest absolute Gasteiger partial charge is 0.150 e. The van der Waals surface area contributed by atoms with Crippen molar-refractivity contribution >= 4 is 12.0 Å². The van der Waals surface area contributed by atoms with E-state index in [0.29, 0.717) is 12.2 Å². The Morgan fingerprint density at radius 1 is 1.12 bits per heavy atom. The molecule has 1 aromatic rings. The Kier molecular flexibility index (Phi) is 6.33. The van der Waals surface area contributed by atoms with Crippen LogP contribution >= 0.6 is 0 Å². The highest BCUT2D eigenvalue weighted by Crippen LogP contribution is 2.14. The monoisotopic (exact) mass is 235 g/mol. The van der Waals surface area contributed by atoms with Gasteiger partial charge in [-0.3, -0.25) is 4.79 Å². The molecule has 0 amide bonds. The van der Waals surface area contributed by atoms with Gasteiger partial charge in [0.1, 0.15) is 6.29 Å². The number of hydrogen-bond donors (Lipinski definition) is 1. The fourth-order valence-corrected chi connectivity index (χ4v) is 1.75. The van der Waals surface area contributed by atoms with Crippen molar-refractivity contribution in [1.29, 1.82) is 0 Å². The van der Waals surface area contributed by atoms with E-state index in [1.807, 2.05) is 24.3 Å². The second-order valence-corrected chi connectivity index (χ2v) is 4.27. The third-order valence-electron chi connectivity index (χ3n) is 2.87. The normalized spacial score (nSPS) is 10.2. The van der Waals surface area contributed by atoms with Gasteiger partial charge in [-0.2, -0.15) is 0 Å². The average Bonchev–Trinajstić information content (AvgIpc) is 2.38. The van der Waals surface area contributed by atoms with Crippen LogP contribution in [0.4, 0.5) is 5.69 Å². The van der Waals surface area contributed by atoms with Gasteiger partial charge in [0, 0.05) is 31.5 Å². The SMILES string of the molecule is CN(CCCCCCO)c1ccc(C=O)cc1. The maximum atomic E-state index is 10.5. The first-order valence-corrected chi connectivity index (χ1v) is 6.15. The zero-order valence-electron chi connectivity index (χ0n) is 10.4. The molecule has 0 saturated heterocycles. The summed E-state index contributed by atoms with van der Waals surface area (Å²) in [7, 11) is 2.06. The van der Waals surface area contributed by atoms with Crippen molar-refractivity contribution in [3.63, 3.8) is 0 Å². The number of hydrogen-bond acceptors (Lipinski definition) is 3. The van der Waals surface area contributed by atoms with Crippen molar-refractivity contribution in [3.05, 3.63) is 29.8 Å². The number of benzene rings is 1. The van der Waals surface area contributed by atoms with Gasteiger partial charge in [0.25, 0.3) is 0 Å².